The molecule has 2 rings (SSSR count). The Morgan fingerprint density at radius 2 is 2.04 bits per heavy atom. The molecular weight excluding hydrogens is 310 g/mol. The van der Waals surface area contributed by atoms with Crippen LogP contribution in [0.1, 0.15) is 31.2 Å². The highest BCUT2D eigenvalue weighted by molar-refractivity contribution is 7.15. The van der Waals surface area contributed by atoms with Gasteiger partial charge in [-0.25, -0.2) is 4.98 Å². The van der Waals surface area contributed by atoms with E-state index in [4.69, 9.17) is 4.74 Å². The molecule has 0 fully saturated rings. The first kappa shape index (κ1) is 17.6. The molecule has 0 aliphatic heterocycles. The Labute approximate surface area is 141 Å². The maximum atomic E-state index is 9.45. The van der Waals surface area contributed by atoms with E-state index in [9.17, 15) is 5.11 Å². The molecule has 0 saturated carbocycles. The predicted molar refractivity (Wildman–Crippen MR) is 96.5 cm³/mol. The minimum atomic E-state index is -0.0302. The Balaban J connectivity index is 2.00. The average molecular weight is 335 g/mol. The molecule has 126 valence electrons. The number of thiazole rings is 1. The van der Waals surface area contributed by atoms with Gasteiger partial charge in [0.2, 0.25) is 0 Å². The van der Waals surface area contributed by atoms with Crippen LogP contribution in [0.25, 0.3) is 0 Å². The van der Waals surface area contributed by atoms with Gasteiger partial charge >= 0.3 is 0 Å². The molecule has 2 N–H and O–H groups in total. The highest BCUT2D eigenvalue weighted by Crippen LogP contribution is 2.25. The third-order valence-corrected chi connectivity index (χ3v) is 4.63. The molecule has 0 radical (unpaired) electrons. The quantitative estimate of drug-likeness (QED) is 0.734. The highest BCUT2D eigenvalue weighted by Gasteiger charge is 2.08. The number of aromatic nitrogens is 1. The van der Waals surface area contributed by atoms with Crippen molar-refractivity contribution in [2.45, 2.75) is 33.9 Å². The van der Waals surface area contributed by atoms with Crippen molar-refractivity contribution in [2.24, 2.45) is 0 Å². The molecule has 2 aromatic rings. The molecule has 5 nitrogen and oxygen atoms in total. The number of aliphatic hydroxyl groups excluding tert-OH is 1. The van der Waals surface area contributed by atoms with E-state index in [1.807, 2.05) is 31.3 Å². The lowest BCUT2D eigenvalue weighted by atomic mass is 10.2. The normalized spacial score (nSPS) is 10.6. The molecule has 1 aromatic heterocycles. The molecule has 0 bridgehead atoms. The topological polar surface area (TPSA) is 57.6 Å². The van der Waals surface area contributed by atoms with Gasteiger partial charge in [-0.2, -0.15) is 0 Å². The average Bonchev–Trinajstić information content (AvgIpc) is 3.04. The standard InChI is InChI=1S/C17H25N3O2S/c1-4-20(5-2)17-19-11-15(23-17)10-18-14-7-8-16(22-6-3)13(9-14)12-21/h7-9,11,18,21H,4-6,10,12H2,1-3H3. The lowest BCUT2D eigenvalue weighted by Crippen LogP contribution is -2.21. The summed E-state index contributed by atoms with van der Waals surface area (Å²) in [6.45, 7) is 9.43. The van der Waals surface area contributed by atoms with Crippen molar-refractivity contribution >= 4 is 22.2 Å². The first-order valence-electron chi connectivity index (χ1n) is 8.01. The number of hydrogen-bond acceptors (Lipinski definition) is 6. The van der Waals surface area contributed by atoms with Crippen LogP contribution in [0.3, 0.4) is 0 Å². The first-order valence-corrected chi connectivity index (χ1v) is 8.83. The number of benzene rings is 1. The summed E-state index contributed by atoms with van der Waals surface area (Å²) < 4.78 is 5.50. The van der Waals surface area contributed by atoms with E-state index in [-0.39, 0.29) is 6.61 Å². The van der Waals surface area contributed by atoms with Crippen LogP contribution in [0.2, 0.25) is 0 Å². The summed E-state index contributed by atoms with van der Waals surface area (Å²) in [7, 11) is 0. The van der Waals surface area contributed by atoms with Gasteiger partial charge in [0.25, 0.3) is 0 Å². The van der Waals surface area contributed by atoms with Crippen molar-refractivity contribution in [3.8, 4) is 5.75 Å². The van der Waals surface area contributed by atoms with Gasteiger partial charge in [-0.1, -0.05) is 0 Å². The Morgan fingerprint density at radius 1 is 1.26 bits per heavy atom. The number of ether oxygens (including phenoxy) is 1. The maximum absolute atomic E-state index is 9.45. The monoisotopic (exact) mass is 335 g/mol. The van der Waals surface area contributed by atoms with E-state index < -0.39 is 0 Å². The van der Waals surface area contributed by atoms with Crippen LogP contribution in [-0.4, -0.2) is 29.8 Å². The molecule has 0 amide bonds. The second-order valence-corrected chi connectivity index (χ2v) is 6.14. The molecule has 0 atom stereocenters. The van der Waals surface area contributed by atoms with Crippen molar-refractivity contribution in [3.05, 3.63) is 34.8 Å². The van der Waals surface area contributed by atoms with Crippen LogP contribution in [0.5, 0.6) is 5.75 Å². The first-order chi connectivity index (χ1) is 11.2. The Kier molecular flexibility index (Phi) is 6.67. The second-order valence-electron chi connectivity index (χ2n) is 5.05. The van der Waals surface area contributed by atoms with Gasteiger partial charge in [0.15, 0.2) is 5.13 Å². The van der Waals surface area contributed by atoms with Crippen LogP contribution < -0.4 is 15.0 Å². The molecule has 0 saturated heterocycles. The number of nitrogens with zero attached hydrogens (tertiary/aromatic N) is 2. The van der Waals surface area contributed by atoms with Gasteiger partial charge in [0, 0.05) is 35.4 Å². The summed E-state index contributed by atoms with van der Waals surface area (Å²) in [6, 6.07) is 5.79. The number of nitrogens with one attached hydrogen (secondary N) is 1. The highest BCUT2D eigenvalue weighted by atomic mass is 32.1. The zero-order chi connectivity index (χ0) is 16.7. The molecule has 0 spiro atoms. The molecule has 23 heavy (non-hydrogen) atoms. The third-order valence-electron chi connectivity index (χ3n) is 3.57. The third kappa shape index (κ3) is 4.59. The zero-order valence-electron chi connectivity index (χ0n) is 14.0. The van der Waals surface area contributed by atoms with Crippen molar-refractivity contribution < 1.29 is 9.84 Å². The van der Waals surface area contributed by atoms with Crippen LogP contribution in [0, 0.1) is 0 Å². The van der Waals surface area contributed by atoms with Crippen LogP contribution in [-0.2, 0) is 13.2 Å². The minimum absolute atomic E-state index is 0.0302. The van der Waals surface area contributed by atoms with E-state index in [1.54, 1.807) is 11.3 Å². The predicted octanol–water partition coefficient (Wildman–Crippen LogP) is 3.49. The number of anilines is 2. The van der Waals surface area contributed by atoms with E-state index in [2.05, 4.69) is 29.0 Å². The molecule has 1 aromatic carbocycles. The van der Waals surface area contributed by atoms with E-state index >= 15 is 0 Å². The smallest absolute Gasteiger partial charge is 0.185 e. The summed E-state index contributed by atoms with van der Waals surface area (Å²) in [6.07, 6.45) is 1.92. The number of aliphatic hydroxyl groups is 1. The Morgan fingerprint density at radius 3 is 2.70 bits per heavy atom. The van der Waals surface area contributed by atoms with E-state index in [0.717, 1.165) is 41.8 Å². The van der Waals surface area contributed by atoms with Gasteiger partial charge in [-0.3, -0.25) is 0 Å². The van der Waals surface area contributed by atoms with Gasteiger partial charge in [0.05, 0.1) is 19.8 Å². The van der Waals surface area contributed by atoms with Gasteiger partial charge in [-0.15, -0.1) is 11.3 Å². The summed E-state index contributed by atoms with van der Waals surface area (Å²) in [5.41, 5.74) is 1.76. The van der Waals surface area contributed by atoms with Crippen LogP contribution in [0.4, 0.5) is 10.8 Å². The number of rotatable bonds is 9. The fourth-order valence-corrected chi connectivity index (χ4v) is 3.29. The SMILES string of the molecule is CCOc1ccc(NCc2cnc(N(CC)CC)s2)cc1CO. The summed E-state index contributed by atoms with van der Waals surface area (Å²) in [4.78, 5) is 7.92. The summed E-state index contributed by atoms with van der Waals surface area (Å²) in [5.74, 6) is 0.738. The Bertz CT molecular complexity index is 612. The van der Waals surface area contributed by atoms with Crippen molar-refractivity contribution in [1.82, 2.24) is 4.98 Å². The molecule has 0 aliphatic carbocycles. The van der Waals surface area contributed by atoms with Gasteiger partial charge < -0.3 is 20.1 Å². The van der Waals surface area contributed by atoms with Crippen molar-refractivity contribution in [3.63, 3.8) is 0 Å². The lowest BCUT2D eigenvalue weighted by Gasteiger charge is -2.16. The summed E-state index contributed by atoms with van der Waals surface area (Å²) in [5, 5.41) is 13.9. The van der Waals surface area contributed by atoms with Crippen LogP contribution in [0.15, 0.2) is 24.4 Å². The van der Waals surface area contributed by atoms with E-state index in [1.165, 1.54) is 4.88 Å². The molecule has 6 heteroatoms. The van der Waals surface area contributed by atoms with Gasteiger partial charge in [0.1, 0.15) is 5.75 Å². The maximum Gasteiger partial charge on any atom is 0.185 e. The molecule has 0 aliphatic rings. The molecule has 0 unspecified atom stereocenters. The second kappa shape index (κ2) is 8.74. The number of hydrogen-bond donors (Lipinski definition) is 2. The Hall–Kier alpha value is -1.79. The van der Waals surface area contributed by atoms with Crippen molar-refractivity contribution in [1.29, 1.82) is 0 Å². The fraction of sp³-hybridized carbons (Fsp3) is 0.471. The van der Waals surface area contributed by atoms with Gasteiger partial charge in [-0.05, 0) is 39.0 Å². The fourth-order valence-electron chi connectivity index (χ4n) is 2.32. The molecule has 1 heterocycles. The summed E-state index contributed by atoms with van der Waals surface area (Å²) >= 11 is 1.71. The van der Waals surface area contributed by atoms with E-state index in [0.29, 0.717) is 6.61 Å². The zero-order valence-corrected chi connectivity index (χ0v) is 14.8. The van der Waals surface area contributed by atoms with Crippen LogP contribution >= 0.6 is 11.3 Å². The molecular formula is C17H25N3O2S. The minimum Gasteiger partial charge on any atom is -0.494 e. The lowest BCUT2D eigenvalue weighted by molar-refractivity contribution is 0.267. The van der Waals surface area contributed by atoms with Crippen molar-refractivity contribution in [2.75, 3.05) is 29.9 Å². The largest absolute Gasteiger partial charge is 0.494 e.